The molecule has 188 valence electrons. The molecular weight excluding hydrogens is 511 g/mol. The van der Waals surface area contributed by atoms with Crippen molar-refractivity contribution >= 4 is 50.7 Å². The third-order valence-corrected chi connectivity index (χ3v) is 9.04. The van der Waals surface area contributed by atoms with E-state index >= 15 is 0 Å². The summed E-state index contributed by atoms with van der Waals surface area (Å²) in [7, 11) is -1.86. The van der Waals surface area contributed by atoms with Crippen LogP contribution in [0.4, 0.5) is 5.69 Å². The second-order valence-corrected chi connectivity index (χ2v) is 11.7. The summed E-state index contributed by atoms with van der Waals surface area (Å²) in [6.07, 6.45) is 1.12. The quantitative estimate of drug-likeness (QED) is 0.629. The number of nitrogens with one attached hydrogen (secondary N) is 1. The van der Waals surface area contributed by atoms with Gasteiger partial charge in [-0.3, -0.25) is 9.59 Å². The second-order valence-electron chi connectivity index (χ2n) is 8.94. The van der Waals surface area contributed by atoms with E-state index in [0.29, 0.717) is 43.7 Å². The molecule has 1 atom stereocenters. The Morgan fingerprint density at radius 2 is 1.66 bits per heavy atom. The Morgan fingerprint density at radius 3 is 2.34 bits per heavy atom. The first-order chi connectivity index (χ1) is 16.6. The number of likely N-dealkylation sites (N-methyl/N-ethyl adjacent to an activating group) is 1. The molecule has 2 aliphatic heterocycles. The highest BCUT2D eigenvalue weighted by Crippen LogP contribution is 2.30. The van der Waals surface area contributed by atoms with Crippen LogP contribution in [-0.4, -0.2) is 80.7 Å². The Balaban J connectivity index is 1.39. The average molecular weight is 539 g/mol. The summed E-state index contributed by atoms with van der Waals surface area (Å²) in [5.74, 6) is -0.799. The maximum absolute atomic E-state index is 13.1. The first-order valence-corrected chi connectivity index (χ1v) is 13.7. The van der Waals surface area contributed by atoms with Crippen molar-refractivity contribution in [1.29, 1.82) is 0 Å². The van der Waals surface area contributed by atoms with Crippen LogP contribution in [-0.2, 0) is 14.8 Å². The van der Waals surface area contributed by atoms with Crippen molar-refractivity contribution in [3.63, 3.8) is 0 Å². The van der Waals surface area contributed by atoms with Gasteiger partial charge in [-0.1, -0.05) is 23.2 Å². The minimum atomic E-state index is -3.89. The summed E-state index contributed by atoms with van der Waals surface area (Å²) in [4.78, 5) is 29.6. The third-order valence-electron chi connectivity index (χ3n) is 6.46. The van der Waals surface area contributed by atoms with Crippen LogP contribution >= 0.6 is 23.2 Å². The molecule has 35 heavy (non-hydrogen) atoms. The zero-order chi connectivity index (χ0) is 25.2. The van der Waals surface area contributed by atoms with Crippen molar-refractivity contribution in [1.82, 2.24) is 14.1 Å². The predicted molar refractivity (Wildman–Crippen MR) is 136 cm³/mol. The van der Waals surface area contributed by atoms with Crippen LogP contribution in [0.1, 0.15) is 23.2 Å². The van der Waals surface area contributed by atoms with Crippen molar-refractivity contribution in [3.8, 4) is 0 Å². The average Bonchev–Trinajstić information content (AvgIpc) is 2.86. The summed E-state index contributed by atoms with van der Waals surface area (Å²) >= 11 is 12.1. The van der Waals surface area contributed by atoms with Gasteiger partial charge in [0.15, 0.2) is 0 Å². The van der Waals surface area contributed by atoms with E-state index in [4.69, 9.17) is 23.2 Å². The van der Waals surface area contributed by atoms with Crippen molar-refractivity contribution in [3.05, 3.63) is 58.1 Å². The second kappa shape index (κ2) is 10.8. The number of piperidine rings is 1. The number of hydrogen-bond donors (Lipinski definition) is 1. The number of amides is 2. The Morgan fingerprint density at radius 1 is 0.971 bits per heavy atom. The Bertz CT molecular complexity index is 1200. The van der Waals surface area contributed by atoms with E-state index in [0.717, 1.165) is 13.1 Å². The van der Waals surface area contributed by atoms with Gasteiger partial charge < -0.3 is 15.1 Å². The van der Waals surface area contributed by atoms with Gasteiger partial charge in [0.05, 0.1) is 10.9 Å². The van der Waals surface area contributed by atoms with E-state index in [9.17, 15) is 18.0 Å². The number of piperazine rings is 1. The monoisotopic (exact) mass is 538 g/mol. The van der Waals surface area contributed by atoms with E-state index in [2.05, 4.69) is 10.2 Å². The zero-order valence-corrected chi connectivity index (χ0v) is 21.7. The number of nitrogens with zero attached hydrogens (tertiary/aromatic N) is 3. The van der Waals surface area contributed by atoms with Gasteiger partial charge in [-0.05, 0) is 62.4 Å². The molecule has 8 nitrogen and oxygen atoms in total. The number of halogens is 2. The maximum Gasteiger partial charge on any atom is 0.253 e. The van der Waals surface area contributed by atoms with Gasteiger partial charge in [0, 0.05) is 55.5 Å². The fraction of sp³-hybridized carbons (Fsp3) is 0.417. The minimum absolute atomic E-state index is 0.0243. The van der Waals surface area contributed by atoms with Gasteiger partial charge in [0.1, 0.15) is 4.90 Å². The smallest absolute Gasteiger partial charge is 0.253 e. The van der Waals surface area contributed by atoms with Crippen LogP contribution in [0.25, 0.3) is 0 Å². The molecule has 0 spiro atoms. The summed E-state index contributed by atoms with van der Waals surface area (Å²) in [6.45, 7) is 3.43. The Hall–Kier alpha value is -2.17. The van der Waals surface area contributed by atoms with Gasteiger partial charge in [-0.25, -0.2) is 8.42 Å². The molecule has 2 heterocycles. The lowest BCUT2D eigenvalue weighted by atomic mass is 9.98. The van der Waals surface area contributed by atoms with Crippen LogP contribution in [0.15, 0.2) is 47.4 Å². The molecule has 0 aromatic heterocycles. The topological polar surface area (TPSA) is 90.0 Å². The first-order valence-electron chi connectivity index (χ1n) is 11.5. The number of rotatable bonds is 5. The van der Waals surface area contributed by atoms with E-state index in [1.807, 2.05) is 11.9 Å². The fourth-order valence-electron chi connectivity index (χ4n) is 4.32. The summed E-state index contributed by atoms with van der Waals surface area (Å²) in [5.41, 5.74) is 1.13. The molecule has 0 radical (unpaired) electrons. The minimum Gasteiger partial charge on any atom is -0.336 e. The maximum atomic E-state index is 13.1. The standard InChI is InChI=1S/C24H28Cl2N4O4S/c1-28-11-13-29(14-12-28)24(32)17-4-7-20(8-5-17)27-23(31)18-3-2-10-30(16-18)35(33,34)22-15-19(25)6-9-21(22)26/h4-9,15,18H,2-3,10-14,16H2,1H3,(H,27,31)/t18-/m1/s1. The normalized spacial score (nSPS) is 20.0. The molecule has 0 aliphatic carbocycles. The fourth-order valence-corrected chi connectivity index (χ4v) is 6.58. The van der Waals surface area contributed by atoms with Gasteiger partial charge >= 0.3 is 0 Å². The Labute approximate surface area is 215 Å². The number of benzene rings is 2. The molecule has 0 unspecified atom stereocenters. The first kappa shape index (κ1) is 25.9. The molecular formula is C24H28Cl2N4O4S. The highest BCUT2D eigenvalue weighted by molar-refractivity contribution is 7.89. The van der Waals surface area contributed by atoms with Crippen LogP contribution < -0.4 is 5.32 Å². The predicted octanol–water partition coefficient (Wildman–Crippen LogP) is 3.42. The highest BCUT2D eigenvalue weighted by atomic mass is 35.5. The van der Waals surface area contributed by atoms with E-state index in [1.54, 1.807) is 24.3 Å². The zero-order valence-electron chi connectivity index (χ0n) is 19.4. The molecule has 4 rings (SSSR count). The lowest BCUT2D eigenvalue weighted by Crippen LogP contribution is -2.47. The number of hydrogen-bond acceptors (Lipinski definition) is 5. The molecule has 2 amide bonds. The molecule has 11 heteroatoms. The van der Waals surface area contributed by atoms with Crippen molar-refractivity contribution in [2.75, 3.05) is 51.6 Å². The lowest BCUT2D eigenvalue weighted by Gasteiger charge is -2.32. The highest BCUT2D eigenvalue weighted by Gasteiger charge is 2.34. The SMILES string of the molecule is CN1CCN(C(=O)c2ccc(NC(=O)[C@@H]3CCCN(S(=O)(=O)c4cc(Cl)ccc4Cl)C3)cc2)CC1. The van der Waals surface area contributed by atoms with E-state index < -0.39 is 15.9 Å². The molecule has 2 aromatic rings. The Kier molecular flexibility index (Phi) is 8.02. The molecule has 2 saturated heterocycles. The number of carbonyl (C=O) groups is 2. The number of sulfonamides is 1. The summed E-state index contributed by atoms with van der Waals surface area (Å²) in [6, 6.07) is 11.1. The molecule has 0 saturated carbocycles. The molecule has 2 fully saturated rings. The number of anilines is 1. The molecule has 2 aliphatic rings. The van der Waals surface area contributed by atoms with Crippen molar-refractivity contribution < 1.29 is 18.0 Å². The summed E-state index contributed by atoms with van der Waals surface area (Å²) in [5, 5.41) is 3.22. The van der Waals surface area contributed by atoms with Crippen LogP contribution in [0.3, 0.4) is 0 Å². The van der Waals surface area contributed by atoms with Crippen molar-refractivity contribution in [2.24, 2.45) is 5.92 Å². The summed E-state index contributed by atoms with van der Waals surface area (Å²) < 4.78 is 27.6. The van der Waals surface area contributed by atoms with Crippen LogP contribution in [0.2, 0.25) is 10.0 Å². The van der Waals surface area contributed by atoms with Gasteiger partial charge in [0.25, 0.3) is 5.91 Å². The van der Waals surface area contributed by atoms with Crippen LogP contribution in [0, 0.1) is 5.92 Å². The molecule has 1 N–H and O–H groups in total. The van der Waals surface area contributed by atoms with Crippen molar-refractivity contribution in [2.45, 2.75) is 17.7 Å². The third kappa shape index (κ3) is 5.98. The largest absolute Gasteiger partial charge is 0.336 e. The van der Waals surface area contributed by atoms with Gasteiger partial charge in [-0.15, -0.1) is 0 Å². The lowest BCUT2D eigenvalue weighted by molar-refractivity contribution is -0.120. The number of carbonyl (C=O) groups excluding carboxylic acids is 2. The van der Waals surface area contributed by atoms with E-state index in [1.165, 1.54) is 22.5 Å². The van der Waals surface area contributed by atoms with Gasteiger partial charge in [-0.2, -0.15) is 4.31 Å². The van der Waals surface area contributed by atoms with Gasteiger partial charge in [0.2, 0.25) is 15.9 Å². The van der Waals surface area contributed by atoms with Crippen LogP contribution in [0.5, 0.6) is 0 Å². The van der Waals surface area contributed by atoms with E-state index in [-0.39, 0.29) is 33.3 Å². The molecule has 0 bridgehead atoms. The molecule has 2 aromatic carbocycles.